The van der Waals surface area contributed by atoms with Crippen molar-refractivity contribution in [3.63, 3.8) is 0 Å². The van der Waals surface area contributed by atoms with E-state index in [1.54, 1.807) is 14.0 Å². The van der Waals surface area contributed by atoms with Crippen LogP contribution in [-0.4, -0.2) is 53.5 Å². The second-order valence-electron chi connectivity index (χ2n) is 4.21. The highest BCUT2D eigenvalue weighted by atomic mass is 32.2. The molecule has 9 nitrogen and oxygen atoms in total. The standard InChI is InChI=1S/C12H15N5O4S2/c1-6-14-10(21-17-6)9(19)16-11-7(15-12(22-3)23-11)8(18)13-4-5-20-2/h4-5H2,1-3H3,(H,13,18)(H,16,19). The lowest BCUT2D eigenvalue weighted by atomic mass is 10.4. The van der Waals surface area contributed by atoms with Gasteiger partial charge in [-0.1, -0.05) is 28.3 Å². The van der Waals surface area contributed by atoms with Gasteiger partial charge in [0.25, 0.3) is 5.91 Å². The van der Waals surface area contributed by atoms with Crippen LogP contribution >= 0.6 is 23.1 Å². The molecule has 124 valence electrons. The van der Waals surface area contributed by atoms with E-state index in [0.717, 1.165) is 0 Å². The van der Waals surface area contributed by atoms with E-state index < -0.39 is 11.8 Å². The number of amides is 2. The van der Waals surface area contributed by atoms with Gasteiger partial charge >= 0.3 is 11.8 Å². The summed E-state index contributed by atoms with van der Waals surface area (Å²) in [4.78, 5) is 32.3. The molecule has 0 aromatic carbocycles. The Bertz CT molecular complexity index is 699. The summed E-state index contributed by atoms with van der Waals surface area (Å²) in [7, 11) is 1.54. The van der Waals surface area contributed by atoms with Gasteiger partial charge in [-0.2, -0.15) is 4.98 Å². The Morgan fingerprint density at radius 2 is 2.13 bits per heavy atom. The van der Waals surface area contributed by atoms with Gasteiger partial charge in [0.2, 0.25) is 0 Å². The molecule has 11 heteroatoms. The third-order valence-corrected chi connectivity index (χ3v) is 4.49. The van der Waals surface area contributed by atoms with Crippen molar-refractivity contribution in [2.75, 3.05) is 31.8 Å². The molecule has 2 aromatic rings. The van der Waals surface area contributed by atoms with Gasteiger partial charge in [0, 0.05) is 13.7 Å². The predicted molar refractivity (Wildman–Crippen MR) is 85.1 cm³/mol. The summed E-state index contributed by atoms with van der Waals surface area (Å²) in [6.45, 7) is 2.33. The SMILES string of the molecule is COCCNC(=O)c1nc(SC)sc1NC(=O)c1nc(C)no1. The average Bonchev–Trinajstić information content (AvgIpc) is 3.13. The first-order chi connectivity index (χ1) is 11.0. The minimum absolute atomic E-state index is 0.139. The average molecular weight is 357 g/mol. The molecular formula is C12H15N5O4S2. The van der Waals surface area contributed by atoms with Gasteiger partial charge in [0.1, 0.15) is 5.00 Å². The highest BCUT2D eigenvalue weighted by Crippen LogP contribution is 2.30. The van der Waals surface area contributed by atoms with E-state index in [9.17, 15) is 9.59 Å². The minimum atomic E-state index is -0.590. The number of carbonyl (C=O) groups is 2. The van der Waals surface area contributed by atoms with Crippen molar-refractivity contribution in [1.29, 1.82) is 0 Å². The summed E-state index contributed by atoms with van der Waals surface area (Å²) in [5.41, 5.74) is 0.139. The number of hydrogen-bond acceptors (Lipinski definition) is 9. The smallest absolute Gasteiger partial charge is 0.316 e. The molecule has 2 rings (SSSR count). The third-order valence-electron chi connectivity index (χ3n) is 2.54. The van der Waals surface area contributed by atoms with Crippen LogP contribution < -0.4 is 10.6 Å². The van der Waals surface area contributed by atoms with Crippen molar-refractivity contribution in [1.82, 2.24) is 20.4 Å². The normalized spacial score (nSPS) is 10.6. The first-order valence-corrected chi connectivity index (χ1v) is 8.53. The summed E-state index contributed by atoms with van der Waals surface area (Å²) in [5.74, 6) is -0.808. The first-order valence-electron chi connectivity index (χ1n) is 6.48. The number of aromatic nitrogens is 3. The second kappa shape index (κ2) is 8.04. The predicted octanol–water partition coefficient (Wildman–Crippen LogP) is 1.18. The van der Waals surface area contributed by atoms with Gasteiger partial charge in [-0.05, 0) is 13.2 Å². The Hall–Kier alpha value is -1.98. The highest BCUT2D eigenvalue weighted by molar-refractivity contribution is 8.00. The van der Waals surface area contributed by atoms with Crippen LogP contribution in [-0.2, 0) is 4.74 Å². The van der Waals surface area contributed by atoms with Crippen LogP contribution in [0.4, 0.5) is 5.00 Å². The molecule has 2 heterocycles. The monoisotopic (exact) mass is 357 g/mol. The molecule has 0 aliphatic carbocycles. The fourth-order valence-corrected chi connectivity index (χ4v) is 2.98. The zero-order chi connectivity index (χ0) is 16.8. The van der Waals surface area contributed by atoms with Gasteiger partial charge in [0.05, 0.1) is 6.61 Å². The van der Waals surface area contributed by atoms with Gasteiger partial charge < -0.3 is 19.9 Å². The van der Waals surface area contributed by atoms with Crippen LogP contribution in [0.5, 0.6) is 0 Å². The Morgan fingerprint density at radius 1 is 1.35 bits per heavy atom. The van der Waals surface area contributed by atoms with Crippen LogP contribution in [0, 0.1) is 6.92 Å². The Balaban J connectivity index is 2.15. The Labute approximate surface area is 140 Å². The molecule has 0 saturated carbocycles. The number of nitrogens with one attached hydrogen (secondary N) is 2. The Kier molecular flexibility index (Phi) is 6.07. The number of nitrogens with zero attached hydrogens (tertiary/aromatic N) is 3. The fourth-order valence-electron chi connectivity index (χ4n) is 1.52. The molecule has 0 bridgehead atoms. The van der Waals surface area contributed by atoms with Crippen molar-refractivity contribution in [3.05, 3.63) is 17.4 Å². The number of ether oxygens (including phenoxy) is 1. The lowest BCUT2D eigenvalue weighted by Crippen LogP contribution is -2.28. The summed E-state index contributed by atoms with van der Waals surface area (Å²) in [6.07, 6.45) is 1.83. The number of carbonyl (C=O) groups excluding carboxylic acids is 2. The molecular weight excluding hydrogens is 342 g/mol. The van der Waals surface area contributed by atoms with Crippen molar-refractivity contribution in [2.24, 2.45) is 0 Å². The van der Waals surface area contributed by atoms with E-state index in [-0.39, 0.29) is 11.6 Å². The van der Waals surface area contributed by atoms with Crippen molar-refractivity contribution >= 4 is 39.9 Å². The summed E-state index contributed by atoms with van der Waals surface area (Å²) in [5, 5.41) is 9.12. The maximum atomic E-state index is 12.2. The van der Waals surface area contributed by atoms with Crippen molar-refractivity contribution in [2.45, 2.75) is 11.3 Å². The largest absolute Gasteiger partial charge is 0.383 e. The molecule has 2 N–H and O–H groups in total. The number of thioether (sulfide) groups is 1. The number of aryl methyl sites for hydroxylation is 1. The van der Waals surface area contributed by atoms with Crippen LogP contribution in [0.1, 0.15) is 27.0 Å². The molecule has 0 saturated heterocycles. The summed E-state index contributed by atoms with van der Waals surface area (Å²) in [6, 6.07) is 0. The molecule has 0 aliphatic rings. The molecule has 0 radical (unpaired) electrons. The van der Waals surface area contributed by atoms with Gasteiger partial charge in [-0.3, -0.25) is 9.59 Å². The topological polar surface area (TPSA) is 119 Å². The lowest BCUT2D eigenvalue weighted by molar-refractivity contribution is 0.0933. The molecule has 0 fully saturated rings. The van der Waals surface area contributed by atoms with E-state index in [1.807, 2.05) is 6.26 Å². The summed E-state index contributed by atoms with van der Waals surface area (Å²) < 4.78 is 10.3. The number of hydrogen-bond donors (Lipinski definition) is 2. The quantitative estimate of drug-likeness (QED) is 0.560. The maximum Gasteiger partial charge on any atom is 0.316 e. The molecule has 2 aromatic heterocycles. The molecule has 2 amide bonds. The molecule has 0 unspecified atom stereocenters. The maximum absolute atomic E-state index is 12.2. The van der Waals surface area contributed by atoms with Gasteiger partial charge in [-0.25, -0.2) is 4.98 Å². The molecule has 0 aliphatic heterocycles. The van der Waals surface area contributed by atoms with Crippen LogP contribution in [0.2, 0.25) is 0 Å². The number of thiazole rings is 1. The molecule has 0 spiro atoms. The van der Waals surface area contributed by atoms with E-state index >= 15 is 0 Å². The zero-order valence-corrected chi connectivity index (χ0v) is 14.3. The zero-order valence-electron chi connectivity index (χ0n) is 12.7. The number of rotatable bonds is 7. The van der Waals surface area contributed by atoms with Crippen LogP contribution in [0.3, 0.4) is 0 Å². The van der Waals surface area contributed by atoms with E-state index in [1.165, 1.54) is 23.1 Å². The molecule has 0 atom stereocenters. The van der Waals surface area contributed by atoms with E-state index in [0.29, 0.717) is 28.3 Å². The Morgan fingerprint density at radius 3 is 2.74 bits per heavy atom. The van der Waals surface area contributed by atoms with Crippen molar-refractivity contribution < 1.29 is 18.8 Å². The molecule has 23 heavy (non-hydrogen) atoms. The summed E-state index contributed by atoms with van der Waals surface area (Å²) >= 11 is 2.57. The van der Waals surface area contributed by atoms with Crippen LogP contribution in [0.15, 0.2) is 8.86 Å². The van der Waals surface area contributed by atoms with Gasteiger partial charge in [0.15, 0.2) is 15.9 Å². The lowest BCUT2D eigenvalue weighted by Gasteiger charge is -2.04. The minimum Gasteiger partial charge on any atom is -0.383 e. The number of anilines is 1. The van der Waals surface area contributed by atoms with E-state index in [2.05, 4.69) is 25.8 Å². The second-order valence-corrected chi connectivity index (χ2v) is 6.26. The first kappa shape index (κ1) is 17.4. The van der Waals surface area contributed by atoms with Crippen LogP contribution in [0.25, 0.3) is 0 Å². The highest BCUT2D eigenvalue weighted by Gasteiger charge is 2.22. The third kappa shape index (κ3) is 4.50. The van der Waals surface area contributed by atoms with E-state index in [4.69, 9.17) is 9.26 Å². The number of methoxy groups -OCH3 is 1. The van der Waals surface area contributed by atoms with Gasteiger partial charge in [-0.15, -0.1) is 0 Å². The fraction of sp³-hybridized carbons (Fsp3) is 0.417. The van der Waals surface area contributed by atoms with Crippen molar-refractivity contribution in [3.8, 4) is 0 Å².